The molecular formula is C11H12. The number of hydrogen-bond donors (Lipinski definition) is 0. The van der Waals surface area contributed by atoms with E-state index in [1.807, 2.05) is 0 Å². The lowest BCUT2D eigenvalue weighted by Crippen LogP contribution is -1.86. The molecule has 56 valence electrons. The van der Waals surface area contributed by atoms with E-state index in [0.717, 1.165) is 6.42 Å². The van der Waals surface area contributed by atoms with Gasteiger partial charge in [-0.15, -0.1) is 0 Å². The van der Waals surface area contributed by atoms with Gasteiger partial charge in [-0.2, -0.15) is 0 Å². The van der Waals surface area contributed by atoms with Gasteiger partial charge in [0.05, 0.1) is 0 Å². The standard InChI is InChI=1S/C11H12/c1-8-7-10-5-3-4-6-11(10)9(8)2/h3-6,9H,1,7H2,2H3. The largest absolute Gasteiger partial charge is 0.0989 e. The van der Waals surface area contributed by atoms with E-state index in [1.54, 1.807) is 0 Å². The van der Waals surface area contributed by atoms with Crippen LogP contribution in [-0.4, -0.2) is 0 Å². The van der Waals surface area contributed by atoms with Gasteiger partial charge in [0.2, 0.25) is 0 Å². The Hall–Kier alpha value is -1.04. The molecule has 0 aromatic heterocycles. The summed E-state index contributed by atoms with van der Waals surface area (Å²) in [5.41, 5.74) is 4.29. The van der Waals surface area contributed by atoms with Gasteiger partial charge < -0.3 is 0 Å². The summed E-state index contributed by atoms with van der Waals surface area (Å²) in [7, 11) is 0. The maximum Gasteiger partial charge on any atom is 0.00232 e. The molecule has 0 amide bonds. The van der Waals surface area contributed by atoms with Crippen LogP contribution in [0.3, 0.4) is 0 Å². The van der Waals surface area contributed by atoms with E-state index in [0.29, 0.717) is 5.92 Å². The molecule has 1 atom stereocenters. The fraction of sp³-hybridized carbons (Fsp3) is 0.273. The van der Waals surface area contributed by atoms with Crippen molar-refractivity contribution in [1.29, 1.82) is 0 Å². The lowest BCUT2D eigenvalue weighted by atomic mass is 10.0. The molecule has 0 N–H and O–H groups in total. The zero-order chi connectivity index (χ0) is 7.84. The Morgan fingerprint density at radius 2 is 2.09 bits per heavy atom. The van der Waals surface area contributed by atoms with Crippen molar-refractivity contribution in [2.75, 3.05) is 0 Å². The minimum absolute atomic E-state index is 0.575. The average Bonchev–Trinajstić information content (AvgIpc) is 2.30. The van der Waals surface area contributed by atoms with Gasteiger partial charge in [0, 0.05) is 5.92 Å². The quantitative estimate of drug-likeness (QED) is 0.491. The van der Waals surface area contributed by atoms with Crippen molar-refractivity contribution in [2.45, 2.75) is 19.3 Å². The highest BCUT2D eigenvalue weighted by molar-refractivity contribution is 5.43. The average molecular weight is 144 g/mol. The van der Waals surface area contributed by atoms with E-state index in [4.69, 9.17) is 0 Å². The predicted octanol–water partition coefficient (Wildman–Crippen LogP) is 2.90. The van der Waals surface area contributed by atoms with Crippen molar-refractivity contribution in [1.82, 2.24) is 0 Å². The Kier molecular flexibility index (Phi) is 1.35. The van der Waals surface area contributed by atoms with Gasteiger partial charge in [-0.25, -0.2) is 0 Å². The topological polar surface area (TPSA) is 0 Å². The van der Waals surface area contributed by atoms with Gasteiger partial charge in [0.25, 0.3) is 0 Å². The fourth-order valence-electron chi connectivity index (χ4n) is 1.74. The lowest BCUT2D eigenvalue weighted by molar-refractivity contribution is 0.932. The summed E-state index contributed by atoms with van der Waals surface area (Å²) in [6, 6.07) is 8.61. The normalized spacial score (nSPS) is 21.9. The molecular weight excluding hydrogens is 132 g/mol. The third-order valence-corrected chi connectivity index (χ3v) is 2.55. The van der Waals surface area contributed by atoms with Crippen LogP contribution in [-0.2, 0) is 6.42 Å². The van der Waals surface area contributed by atoms with Crippen LogP contribution in [0, 0.1) is 0 Å². The summed E-state index contributed by atoms with van der Waals surface area (Å²) in [6.07, 6.45) is 1.08. The van der Waals surface area contributed by atoms with Crippen LogP contribution in [0.4, 0.5) is 0 Å². The molecule has 0 radical (unpaired) electrons. The summed E-state index contributed by atoms with van der Waals surface area (Å²) in [5.74, 6) is 0.575. The zero-order valence-corrected chi connectivity index (χ0v) is 6.80. The van der Waals surface area contributed by atoms with Crippen molar-refractivity contribution in [3.63, 3.8) is 0 Å². The molecule has 0 heterocycles. The first-order valence-electron chi connectivity index (χ1n) is 4.04. The van der Waals surface area contributed by atoms with Crippen molar-refractivity contribution in [2.24, 2.45) is 0 Å². The maximum atomic E-state index is 4.05. The number of benzene rings is 1. The predicted molar refractivity (Wildman–Crippen MR) is 47.7 cm³/mol. The number of allylic oxidation sites excluding steroid dienone is 1. The van der Waals surface area contributed by atoms with Crippen LogP contribution >= 0.6 is 0 Å². The Labute approximate surface area is 67.6 Å². The Morgan fingerprint density at radius 1 is 1.36 bits per heavy atom. The smallest absolute Gasteiger partial charge is 0.00232 e. The van der Waals surface area contributed by atoms with E-state index < -0.39 is 0 Å². The molecule has 0 saturated carbocycles. The molecule has 1 aromatic carbocycles. The van der Waals surface area contributed by atoms with Gasteiger partial charge in [0.15, 0.2) is 0 Å². The Bertz CT molecular complexity index is 297. The third kappa shape index (κ3) is 0.900. The second kappa shape index (κ2) is 2.23. The molecule has 11 heavy (non-hydrogen) atoms. The molecule has 1 aromatic rings. The first-order valence-corrected chi connectivity index (χ1v) is 4.04. The van der Waals surface area contributed by atoms with E-state index in [-0.39, 0.29) is 0 Å². The summed E-state index contributed by atoms with van der Waals surface area (Å²) >= 11 is 0. The lowest BCUT2D eigenvalue weighted by Gasteiger charge is -2.03. The molecule has 0 aliphatic heterocycles. The zero-order valence-electron chi connectivity index (χ0n) is 6.80. The van der Waals surface area contributed by atoms with Gasteiger partial charge in [-0.1, -0.05) is 43.3 Å². The van der Waals surface area contributed by atoms with Crippen LogP contribution in [0.25, 0.3) is 0 Å². The highest BCUT2D eigenvalue weighted by Gasteiger charge is 2.20. The van der Waals surface area contributed by atoms with Crippen LogP contribution < -0.4 is 0 Å². The maximum absolute atomic E-state index is 4.05. The van der Waals surface area contributed by atoms with Crippen molar-refractivity contribution in [3.8, 4) is 0 Å². The van der Waals surface area contributed by atoms with E-state index in [2.05, 4.69) is 37.8 Å². The van der Waals surface area contributed by atoms with E-state index in [1.165, 1.54) is 16.7 Å². The van der Waals surface area contributed by atoms with Crippen molar-refractivity contribution >= 4 is 0 Å². The Morgan fingerprint density at radius 3 is 2.82 bits per heavy atom. The first kappa shape index (κ1) is 6.66. The number of hydrogen-bond acceptors (Lipinski definition) is 0. The highest BCUT2D eigenvalue weighted by atomic mass is 14.2. The monoisotopic (exact) mass is 144 g/mol. The van der Waals surface area contributed by atoms with Gasteiger partial charge in [-0.3, -0.25) is 0 Å². The minimum atomic E-state index is 0.575. The van der Waals surface area contributed by atoms with Crippen molar-refractivity contribution < 1.29 is 0 Å². The summed E-state index contributed by atoms with van der Waals surface area (Å²) in [4.78, 5) is 0. The summed E-state index contributed by atoms with van der Waals surface area (Å²) in [6.45, 7) is 6.28. The third-order valence-electron chi connectivity index (χ3n) is 2.55. The van der Waals surface area contributed by atoms with Gasteiger partial charge in [0.1, 0.15) is 0 Å². The number of rotatable bonds is 0. The molecule has 0 saturated heterocycles. The SMILES string of the molecule is C=C1Cc2ccccc2C1C. The second-order valence-electron chi connectivity index (χ2n) is 3.26. The van der Waals surface area contributed by atoms with Crippen molar-refractivity contribution in [3.05, 3.63) is 47.5 Å². The molecule has 0 spiro atoms. The summed E-state index contributed by atoms with van der Waals surface area (Å²) < 4.78 is 0. The molecule has 0 nitrogen and oxygen atoms in total. The van der Waals surface area contributed by atoms with E-state index >= 15 is 0 Å². The molecule has 0 fully saturated rings. The molecule has 0 bridgehead atoms. The van der Waals surface area contributed by atoms with Crippen LogP contribution in [0.5, 0.6) is 0 Å². The Balaban J connectivity index is 2.55. The fourth-order valence-corrected chi connectivity index (χ4v) is 1.74. The summed E-state index contributed by atoms with van der Waals surface area (Å²) in [5, 5.41) is 0. The minimum Gasteiger partial charge on any atom is -0.0989 e. The van der Waals surface area contributed by atoms with E-state index in [9.17, 15) is 0 Å². The number of fused-ring (bicyclic) bond motifs is 1. The molecule has 1 unspecified atom stereocenters. The molecule has 2 rings (SSSR count). The van der Waals surface area contributed by atoms with Crippen LogP contribution in [0.15, 0.2) is 36.4 Å². The van der Waals surface area contributed by atoms with Gasteiger partial charge in [-0.05, 0) is 17.5 Å². The highest BCUT2D eigenvalue weighted by Crippen LogP contribution is 2.35. The molecule has 0 heteroatoms. The van der Waals surface area contributed by atoms with Crippen LogP contribution in [0.1, 0.15) is 24.0 Å². The van der Waals surface area contributed by atoms with Crippen LogP contribution in [0.2, 0.25) is 0 Å². The second-order valence-corrected chi connectivity index (χ2v) is 3.26. The van der Waals surface area contributed by atoms with Gasteiger partial charge >= 0.3 is 0 Å². The molecule has 1 aliphatic rings. The molecule has 1 aliphatic carbocycles. The first-order chi connectivity index (χ1) is 5.29.